The normalized spacial score (nSPS) is 10.1. The van der Waals surface area contributed by atoms with E-state index in [-0.39, 0.29) is 82.7 Å². The van der Waals surface area contributed by atoms with Crippen LogP contribution in [0.5, 0.6) is 0 Å². The smallest absolute Gasteiger partial charge is 1.00 e. The summed E-state index contributed by atoms with van der Waals surface area (Å²) >= 11 is 0. The van der Waals surface area contributed by atoms with E-state index in [1.165, 1.54) is 44.9 Å². The zero-order valence-corrected chi connectivity index (χ0v) is 19.6. The Morgan fingerprint density at radius 3 is 1.50 bits per heavy atom. The summed E-state index contributed by atoms with van der Waals surface area (Å²) in [5.41, 5.74) is 0. The van der Waals surface area contributed by atoms with Crippen molar-refractivity contribution >= 4 is 10.4 Å². The zero-order chi connectivity index (χ0) is 13.0. The molecular formula is C12H25BrNa2O4S. The van der Waals surface area contributed by atoms with Crippen LogP contribution in [0.3, 0.4) is 0 Å². The van der Waals surface area contributed by atoms with Crippen molar-refractivity contribution < 1.29 is 93.2 Å². The van der Waals surface area contributed by atoms with Crippen molar-refractivity contribution in [3.63, 3.8) is 0 Å². The summed E-state index contributed by atoms with van der Waals surface area (Å²) in [5.74, 6) is 0. The summed E-state index contributed by atoms with van der Waals surface area (Å²) < 4.78 is 34.5. The van der Waals surface area contributed by atoms with Crippen molar-refractivity contribution in [2.75, 3.05) is 6.61 Å². The molecule has 112 valence electrons. The van der Waals surface area contributed by atoms with E-state index in [0.29, 0.717) is 6.42 Å². The Balaban J connectivity index is -0.000000427. The van der Waals surface area contributed by atoms with Gasteiger partial charge in [-0.3, -0.25) is 4.18 Å². The molecule has 0 unspecified atom stereocenters. The summed E-state index contributed by atoms with van der Waals surface area (Å²) in [4.78, 5) is 0. The predicted octanol–water partition coefficient (Wildman–Crippen LogP) is -5.60. The van der Waals surface area contributed by atoms with Crippen LogP contribution in [0.4, 0.5) is 0 Å². The molecule has 0 aliphatic rings. The maximum atomic E-state index is 10.1. The molecular weight excluding hydrogens is 366 g/mol. The minimum atomic E-state index is -4.48. The minimum Gasteiger partial charge on any atom is -1.00 e. The molecule has 4 nitrogen and oxygen atoms in total. The van der Waals surface area contributed by atoms with Crippen LogP contribution in [0, 0.1) is 0 Å². The molecule has 8 heteroatoms. The molecule has 0 bridgehead atoms. The summed E-state index contributed by atoms with van der Waals surface area (Å²) in [7, 11) is -4.48. The monoisotopic (exact) mass is 390 g/mol. The van der Waals surface area contributed by atoms with Gasteiger partial charge >= 0.3 is 59.1 Å². The molecule has 20 heavy (non-hydrogen) atoms. The van der Waals surface area contributed by atoms with Crippen LogP contribution in [0.2, 0.25) is 0 Å². The average Bonchev–Trinajstić information content (AvgIpc) is 2.24. The van der Waals surface area contributed by atoms with Gasteiger partial charge in [0.2, 0.25) is 10.4 Å². The van der Waals surface area contributed by atoms with Crippen molar-refractivity contribution in [1.82, 2.24) is 0 Å². The molecule has 0 aromatic carbocycles. The Labute approximate surface area is 179 Å². The van der Waals surface area contributed by atoms with Gasteiger partial charge in [0.1, 0.15) is 0 Å². The number of hydrogen-bond donors (Lipinski definition) is 0. The minimum absolute atomic E-state index is 0. The fourth-order valence-electron chi connectivity index (χ4n) is 1.75. The molecule has 0 aliphatic heterocycles. The van der Waals surface area contributed by atoms with Crippen LogP contribution in [0.1, 0.15) is 71.1 Å². The largest absolute Gasteiger partial charge is 1.00 e. The van der Waals surface area contributed by atoms with Gasteiger partial charge in [-0.05, 0) is 6.42 Å². The average molecular weight is 391 g/mol. The third kappa shape index (κ3) is 28.5. The van der Waals surface area contributed by atoms with Gasteiger partial charge in [-0.2, -0.15) is 0 Å². The second kappa shape index (κ2) is 21.4. The third-order valence-corrected chi connectivity index (χ3v) is 3.18. The fraction of sp³-hybridized carbons (Fsp3) is 1.00. The Bertz CT molecular complexity index is 264. The Morgan fingerprint density at radius 1 is 0.800 bits per heavy atom. The second-order valence-corrected chi connectivity index (χ2v) is 5.46. The van der Waals surface area contributed by atoms with Gasteiger partial charge in [0.05, 0.1) is 6.61 Å². The first-order valence-corrected chi connectivity index (χ1v) is 8.00. The molecule has 0 N–H and O–H groups in total. The van der Waals surface area contributed by atoms with Gasteiger partial charge in [-0.15, -0.1) is 0 Å². The van der Waals surface area contributed by atoms with Crippen molar-refractivity contribution in [2.24, 2.45) is 0 Å². The fourth-order valence-corrected chi connectivity index (χ4v) is 2.07. The number of unbranched alkanes of at least 4 members (excludes halogenated alkanes) is 9. The van der Waals surface area contributed by atoms with E-state index in [4.69, 9.17) is 0 Å². The summed E-state index contributed by atoms with van der Waals surface area (Å²) in [6, 6.07) is 0. The molecule has 0 saturated carbocycles. The first kappa shape index (κ1) is 30.3. The summed E-state index contributed by atoms with van der Waals surface area (Å²) in [6.45, 7) is 2.24. The standard InChI is InChI=1S/C12H26O4S.BrH.2Na/c1-2-3-4-5-6-7-8-9-10-11-12-16-17(13,14)15;;;/h2-12H2,1H3,(H,13,14,15);1H;;/q;;2*+1/p-2. The van der Waals surface area contributed by atoms with Gasteiger partial charge in [-0.25, -0.2) is 8.42 Å². The molecule has 0 aromatic rings. The number of hydrogen-bond acceptors (Lipinski definition) is 4. The SMILES string of the molecule is CCCCCCCCCCCCOS(=O)(=O)[O-].[Br-].[Na+].[Na+]. The molecule has 0 fully saturated rings. The predicted molar refractivity (Wildman–Crippen MR) is 67.5 cm³/mol. The first-order valence-electron chi connectivity index (χ1n) is 6.66. The van der Waals surface area contributed by atoms with Gasteiger partial charge in [-0.1, -0.05) is 64.7 Å². The van der Waals surface area contributed by atoms with Gasteiger partial charge in [0.25, 0.3) is 0 Å². The van der Waals surface area contributed by atoms with E-state index in [2.05, 4.69) is 11.1 Å². The van der Waals surface area contributed by atoms with Crippen LogP contribution in [0.15, 0.2) is 0 Å². The molecule has 0 spiro atoms. The Hall–Kier alpha value is 2.35. The molecule has 0 rings (SSSR count). The molecule has 0 aromatic heterocycles. The van der Waals surface area contributed by atoms with Crippen LogP contribution in [0.25, 0.3) is 0 Å². The van der Waals surface area contributed by atoms with Crippen molar-refractivity contribution in [3.05, 3.63) is 0 Å². The zero-order valence-electron chi connectivity index (χ0n) is 13.2. The first-order chi connectivity index (χ1) is 8.06. The van der Waals surface area contributed by atoms with Crippen LogP contribution < -0.4 is 76.1 Å². The van der Waals surface area contributed by atoms with Crippen LogP contribution in [-0.4, -0.2) is 19.6 Å². The molecule has 0 saturated heterocycles. The second-order valence-electron chi connectivity index (χ2n) is 4.41. The van der Waals surface area contributed by atoms with E-state index < -0.39 is 10.4 Å². The van der Waals surface area contributed by atoms with Gasteiger partial charge in [0.15, 0.2) is 0 Å². The van der Waals surface area contributed by atoms with Crippen molar-refractivity contribution in [3.8, 4) is 0 Å². The van der Waals surface area contributed by atoms with Crippen molar-refractivity contribution in [1.29, 1.82) is 0 Å². The van der Waals surface area contributed by atoms with E-state index in [9.17, 15) is 13.0 Å². The molecule has 0 heterocycles. The maximum Gasteiger partial charge on any atom is 1.00 e. The van der Waals surface area contributed by atoms with Crippen LogP contribution >= 0.6 is 0 Å². The molecule has 0 radical (unpaired) electrons. The van der Waals surface area contributed by atoms with E-state index in [1.54, 1.807) is 0 Å². The number of halogens is 1. The quantitative estimate of drug-likeness (QED) is 0.144. The van der Waals surface area contributed by atoms with E-state index in [1.807, 2.05) is 0 Å². The topological polar surface area (TPSA) is 66.4 Å². The number of rotatable bonds is 12. The van der Waals surface area contributed by atoms with Gasteiger partial charge in [0, 0.05) is 0 Å². The Kier molecular flexibility index (Phi) is 32.3. The van der Waals surface area contributed by atoms with Crippen molar-refractivity contribution in [2.45, 2.75) is 71.1 Å². The van der Waals surface area contributed by atoms with E-state index in [0.717, 1.165) is 12.8 Å². The summed E-state index contributed by atoms with van der Waals surface area (Å²) in [5, 5.41) is 0. The van der Waals surface area contributed by atoms with E-state index >= 15 is 0 Å². The molecule has 0 amide bonds. The Morgan fingerprint density at radius 2 is 1.15 bits per heavy atom. The molecule has 0 aliphatic carbocycles. The van der Waals surface area contributed by atoms with Crippen LogP contribution in [-0.2, 0) is 14.6 Å². The van der Waals surface area contributed by atoms with Gasteiger partial charge < -0.3 is 21.5 Å². The maximum absolute atomic E-state index is 10.1. The summed E-state index contributed by atoms with van der Waals surface area (Å²) in [6.07, 6.45) is 11.7. The molecule has 0 atom stereocenters. The third-order valence-electron chi connectivity index (χ3n) is 2.73.